The number of nitrogen functional groups attached to an aromatic ring is 2. The molecule has 0 atom stereocenters. The molecule has 14 heavy (non-hydrogen) atoms. The van der Waals surface area contributed by atoms with Crippen LogP contribution in [-0.4, -0.2) is 6.36 Å². The number of alkyl halides is 3. The van der Waals surface area contributed by atoms with Crippen molar-refractivity contribution in [1.29, 1.82) is 0 Å². The predicted molar refractivity (Wildman–Crippen MR) is 49.6 cm³/mol. The third-order valence-electron chi connectivity index (χ3n) is 1.40. The standard InChI is InChI=1S/C7H6BrF3N2O/c8-5-4(14-7(9,10)11)2-1-3(12)6(5)13/h1-2H,12-13H2. The fourth-order valence-electron chi connectivity index (χ4n) is 0.791. The van der Waals surface area contributed by atoms with Crippen molar-refractivity contribution in [3.63, 3.8) is 0 Å². The van der Waals surface area contributed by atoms with E-state index in [4.69, 9.17) is 11.5 Å². The normalized spacial score (nSPS) is 11.4. The Morgan fingerprint density at radius 1 is 1.21 bits per heavy atom. The third kappa shape index (κ3) is 2.44. The van der Waals surface area contributed by atoms with Crippen molar-refractivity contribution in [2.45, 2.75) is 6.36 Å². The SMILES string of the molecule is Nc1ccc(OC(F)(F)F)c(Br)c1N. The van der Waals surface area contributed by atoms with Crippen molar-refractivity contribution < 1.29 is 17.9 Å². The summed E-state index contributed by atoms with van der Waals surface area (Å²) >= 11 is 2.85. The first-order valence-corrected chi connectivity index (χ1v) is 4.20. The summed E-state index contributed by atoms with van der Waals surface area (Å²) in [7, 11) is 0. The van der Waals surface area contributed by atoms with Crippen molar-refractivity contribution >= 4 is 27.3 Å². The minimum atomic E-state index is -4.74. The zero-order valence-corrected chi connectivity index (χ0v) is 8.32. The zero-order valence-electron chi connectivity index (χ0n) is 6.73. The van der Waals surface area contributed by atoms with Gasteiger partial charge in [0.15, 0.2) is 0 Å². The Kier molecular flexibility index (Phi) is 2.79. The molecule has 0 spiro atoms. The monoisotopic (exact) mass is 270 g/mol. The smallest absolute Gasteiger partial charge is 0.404 e. The van der Waals surface area contributed by atoms with E-state index in [1.165, 1.54) is 6.07 Å². The summed E-state index contributed by atoms with van der Waals surface area (Å²) in [5.41, 5.74) is 11.0. The van der Waals surface area contributed by atoms with Crippen LogP contribution in [0.15, 0.2) is 16.6 Å². The zero-order chi connectivity index (χ0) is 10.9. The number of ether oxygens (including phenoxy) is 1. The molecule has 0 aromatic heterocycles. The second-order valence-corrected chi connectivity index (χ2v) is 3.22. The first-order valence-electron chi connectivity index (χ1n) is 3.40. The van der Waals surface area contributed by atoms with Gasteiger partial charge in [-0.25, -0.2) is 0 Å². The topological polar surface area (TPSA) is 61.3 Å². The molecule has 0 unspecified atom stereocenters. The number of anilines is 2. The van der Waals surface area contributed by atoms with E-state index in [0.29, 0.717) is 0 Å². The van der Waals surface area contributed by atoms with E-state index < -0.39 is 12.1 Å². The number of nitrogens with two attached hydrogens (primary N) is 2. The minimum absolute atomic E-state index is 0.00479. The number of hydrogen-bond donors (Lipinski definition) is 2. The molecule has 1 aromatic carbocycles. The molecule has 0 saturated carbocycles. The van der Waals surface area contributed by atoms with Gasteiger partial charge < -0.3 is 16.2 Å². The van der Waals surface area contributed by atoms with Gasteiger partial charge in [0, 0.05) is 0 Å². The molecule has 0 heterocycles. The van der Waals surface area contributed by atoms with Gasteiger partial charge >= 0.3 is 6.36 Å². The summed E-state index contributed by atoms with van der Waals surface area (Å²) in [4.78, 5) is 0. The van der Waals surface area contributed by atoms with E-state index in [2.05, 4.69) is 20.7 Å². The molecule has 4 N–H and O–H groups in total. The Labute approximate surface area is 86.0 Å². The van der Waals surface area contributed by atoms with Crippen molar-refractivity contribution in [1.82, 2.24) is 0 Å². The lowest BCUT2D eigenvalue weighted by molar-refractivity contribution is -0.274. The van der Waals surface area contributed by atoms with Gasteiger partial charge in [-0.1, -0.05) is 0 Å². The van der Waals surface area contributed by atoms with Crippen LogP contribution in [0.25, 0.3) is 0 Å². The molecule has 0 fully saturated rings. The molecule has 1 rings (SSSR count). The quantitative estimate of drug-likeness (QED) is 0.771. The Bertz CT molecular complexity index is 354. The molecule has 7 heteroatoms. The molecule has 0 saturated heterocycles. The maximum absolute atomic E-state index is 11.8. The first kappa shape index (κ1) is 11.0. The number of halogens is 4. The first-order chi connectivity index (χ1) is 6.31. The fraction of sp³-hybridized carbons (Fsp3) is 0.143. The Balaban J connectivity index is 3.06. The van der Waals surface area contributed by atoms with E-state index >= 15 is 0 Å². The van der Waals surface area contributed by atoms with Gasteiger partial charge in [-0.3, -0.25) is 0 Å². The van der Waals surface area contributed by atoms with Crippen LogP contribution in [0.2, 0.25) is 0 Å². The van der Waals surface area contributed by atoms with Crippen molar-refractivity contribution in [2.75, 3.05) is 11.5 Å². The number of benzene rings is 1. The summed E-state index contributed by atoms with van der Waals surface area (Å²) < 4.78 is 39.2. The summed E-state index contributed by atoms with van der Waals surface area (Å²) in [6.45, 7) is 0. The van der Waals surface area contributed by atoms with Gasteiger partial charge in [0.2, 0.25) is 0 Å². The number of hydrogen-bond acceptors (Lipinski definition) is 3. The van der Waals surface area contributed by atoms with Gasteiger partial charge in [-0.15, -0.1) is 13.2 Å². The Morgan fingerprint density at radius 2 is 1.79 bits per heavy atom. The highest BCUT2D eigenvalue weighted by Gasteiger charge is 2.32. The number of rotatable bonds is 1. The van der Waals surface area contributed by atoms with E-state index in [1.54, 1.807) is 0 Å². The average Bonchev–Trinajstić information content (AvgIpc) is 2.04. The van der Waals surface area contributed by atoms with Crippen molar-refractivity contribution in [3.8, 4) is 5.75 Å². The van der Waals surface area contributed by atoms with Crippen LogP contribution in [0.1, 0.15) is 0 Å². The molecule has 1 aromatic rings. The summed E-state index contributed by atoms with van der Waals surface area (Å²) in [6.07, 6.45) is -4.74. The minimum Gasteiger partial charge on any atom is -0.404 e. The summed E-state index contributed by atoms with van der Waals surface area (Å²) in [5, 5.41) is 0. The van der Waals surface area contributed by atoms with Crippen molar-refractivity contribution in [3.05, 3.63) is 16.6 Å². The molecular formula is C7H6BrF3N2O. The second-order valence-electron chi connectivity index (χ2n) is 2.43. The molecule has 0 aliphatic rings. The van der Waals surface area contributed by atoms with Crippen LogP contribution < -0.4 is 16.2 Å². The highest BCUT2D eigenvalue weighted by atomic mass is 79.9. The molecule has 0 aliphatic carbocycles. The van der Waals surface area contributed by atoms with E-state index in [-0.39, 0.29) is 15.8 Å². The molecule has 0 aliphatic heterocycles. The summed E-state index contributed by atoms with van der Waals surface area (Å²) in [6, 6.07) is 2.32. The highest BCUT2D eigenvalue weighted by molar-refractivity contribution is 9.10. The fourth-order valence-corrected chi connectivity index (χ4v) is 1.23. The molecule has 0 radical (unpaired) electrons. The van der Waals surface area contributed by atoms with Crippen LogP contribution >= 0.6 is 15.9 Å². The molecular weight excluding hydrogens is 265 g/mol. The van der Waals surface area contributed by atoms with Crippen LogP contribution in [0, 0.1) is 0 Å². The van der Waals surface area contributed by atoms with E-state index in [1.807, 2.05) is 0 Å². The molecule has 0 amide bonds. The van der Waals surface area contributed by atoms with Crippen molar-refractivity contribution in [2.24, 2.45) is 0 Å². The van der Waals surface area contributed by atoms with E-state index in [0.717, 1.165) is 6.07 Å². The summed E-state index contributed by atoms with van der Waals surface area (Å²) in [5.74, 6) is -0.413. The predicted octanol–water partition coefficient (Wildman–Crippen LogP) is 2.51. The third-order valence-corrected chi connectivity index (χ3v) is 2.22. The Hall–Kier alpha value is -1.11. The second kappa shape index (κ2) is 3.56. The van der Waals surface area contributed by atoms with Gasteiger partial charge in [0.25, 0.3) is 0 Å². The van der Waals surface area contributed by atoms with Crippen LogP contribution in [0.4, 0.5) is 24.5 Å². The van der Waals surface area contributed by atoms with Crippen LogP contribution in [0.3, 0.4) is 0 Å². The molecule has 3 nitrogen and oxygen atoms in total. The maximum Gasteiger partial charge on any atom is 0.573 e. The lowest BCUT2D eigenvalue weighted by atomic mass is 10.2. The van der Waals surface area contributed by atoms with Gasteiger partial charge in [-0.05, 0) is 28.1 Å². The molecule has 78 valence electrons. The average molecular weight is 271 g/mol. The van der Waals surface area contributed by atoms with Gasteiger partial charge in [-0.2, -0.15) is 0 Å². The lowest BCUT2D eigenvalue weighted by Gasteiger charge is -2.12. The molecule has 0 bridgehead atoms. The largest absolute Gasteiger partial charge is 0.573 e. The maximum atomic E-state index is 11.8. The van der Waals surface area contributed by atoms with Crippen LogP contribution in [-0.2, 0) is 0 Å². The van der Waals surface area contributed by atoms with Gasteiger partial charge in [0.1, 0.15) is 5.75 Å². The van der Waals surface area contributed by atoms with Crippen LogP contribution in [0.5, 0.6) is 5.75 Å². The lowest BCUT2D eigenvalue weighted by Crippen LogP contribution is -2.17. The Morgan fingerprint density at radius 3 is 2.29 bits per heavy atom. The highest BCUT2D eigenvalue weighted by Crippen LogP contribution is 2.37. The van der Waals surface area contributed by atoms with Gasteiger partial charge in [0.05, 0.1) is 15.8 Å². The van der Waals surface area contributed by atoms with E-state index in [9.17, 15) is 13.2 Å².